The van der Waals surface area contributed by atoms with E-state index in [0.717, 1.165) is 38.5 Å². The molecule has 0 aliphatic carbocycles. The van der Waals surface area contributed by atoms with Crippen molar-refractivity contribution in [3.63, 3.8) is 0 Å². The Morgan fingerprint density at radius 1 is 1.50 bits per heavy atom. The van der Waals surface area contributed by atoms with Crippen LogP contribution >= 0.6 is 0 Å². The van der Waals surface area contributed by atoms with Crippen LogP contribution in [0, 0.1) is 0 Å². The summed E-state index contributed by atoms with van der Waals surface area (Å²) in [7, 11) is 1.88. The summed E-state index contributed by atoms with van der Waals surface area (Å²) >= 11 is 0. The summed E-state index contributed by atoms with van der Waals surface area (Å²) in [6.07, 6.45) is 5.91. The minimum absolute atomic E-state index is 0.829. The molecule has 0 aromatic carbocycles. The fourth-order valence-electron chi connectivity index (χ4n) is 1.30. The summed E-state index contributed by atoms with van der Waals surface area (Å²) in [5, 5.41) is 3.04. The summed E-state index contributed by atoms with van der Waals surface area (Å²) in [6.45, 7) is 4.77. The van der Waals surface area contributed by atoms with Crippen molar-refractivity contribution in [2.45, 2.75) is 26.3 Å². The summed E-state index contributed by atoms with van der Waals surface area (Å²) in [5.74, 6) is 0.917. The third-order valence-electron chi connectivity index (χ3n) is 1.98. The Morgan fingerprint density at radius 2 is 2.36 bits per heavy atom. The molecule has 0 spiro atoms. The monoisotopic (exact) mass is 197 g/mol. The van der Waals surface area contributed by atoms with Crippen LogP contribution in [0.15, 0.2) is 12.4 Å². The first kappa shape index (κ1) is 11.0. The molecule has 4 nitrogen and oxygen atoms in total. The normalized spacial score (nSPS) is 10.4. The largest absolute Gasteiger partial charge is 0.381 e. The zero-order chi connectivity index (χ0) is 10.2. The number of ether oxygens (including phenoxy) is 1. The van der Waals surface area contributed by atoms with Gasteiger partial charge in [-0.05, 0) is 12.8 Å². The molecule has 1 heterocycles. The van der Waals surface area contributed by atoms with Gasteiger partial charge < -0.3 is 14.6 Å². The molecule has 14 heavy (non-hydrogen) atoms. The molecule has 0 radical (unpaired) electrons. The van der Waals surface area contributed by atoms with Crippen LogP contribution in [-0.2, 0) is 11.3 Å². The van der Waals surface area contributed by atoms with Crippen molar-refractivity contribution in [2.24, 2.45) is 0 Å². The lowest BCUT2D eigenvalue weighted by molar-refractivity contribution is 0.129. The molecule has 0 unspecified atom stereocenters. The highest BCUT2D eigenvalue weighted by Crippen LogP contribution is 2.03. The Labute approximate surface area is 85.3 Å². The van der Waals surface area contributed by atoms with Crippen LogP contribution < -0.4 is 5.32 Å². The second kappa shape index (κ2) is 6.43. The van der Waals surface area contributed by atoms with Gasteiger partial charge in [-0.3, -0.25) is 0 Å². The summed E-state index contributed by atoms with van der Waals surface area (Å²) in [6, 6.07) is 0. The second-order valence-corrected chi connectivity index (χ2v) is 3.16. The van der Waals surface area contributed by atoms with E-state index in [-0.39, 0.29) is 0 Å². The molecule has 0 saturated carbocycles. The SMILES string of the molecule is CCCOCCCn1ccnc1NC. The van der Waals surface area contributed by atoms with E-state index in [1.807, 2.05) is 13.2 Å². The molecule has 4 heteroatoms. The third kappa shape index (κ3) is 3.38. The fourth-order valence-corrected chi connectivity index (χ4v) is 1.30. The smallest absolute Gasteiger partial charge is 0.202 e. The molecule has 0 aliphatic rings. The predicted molar refractivity (Wildman–Crippen MR) is 57.5 cm³/mol. The lowest BCUT2D eigenvalue weighted by Crippen LogP contribution is -2.06. The average Bonchev–Trinajstić information content (AvgIpc) is 2.65. The minimum atomic E-state index is 0.829. The molecule has 0 fully saturated rings. The van der Waals surface area contributed by atoms with Gasteiger partial charge in [0.05, 0.1) is 0 Å². The van der Waals surface area contributed by atoms with Crippen LogP contribution in [0.1, 0.15) is 19.8 Å². The zero-order valence-electron chi connectivity index (χ0n) is 8.99. The van der Waals surface area contributed by atoms with Crippen molar-refractivity contribution >= 4 is 5.95 Å². The number of anilines is 1. The topological polar surface area (TPSA) is 39.1 Å². The van der Waals surface area contributed by atoms with Crippen LogP contribution in [0.2, 0.25) is 0 Å². The molecule has 1 rings (SSSR count). The molecule has 0 saturated heterocycles. The fraction of sp³-hybridized carbons (Fsp3) is 0.700. The van der Waals surface area contributed by atoms with Gasteiger partial charge >= 0.3 is 0 Å². The van der Waals surface area contributed by atoms with E-state index in [1.165, 1.54) is 0 Å². The van der Waals surface area contributed by atoms with Crippen molar-refractivity contribution < 1.29 is 4.74 Å². The Kier molecular flexibility index (Phi) is 5.07. The van der Waals surface area contributed by atoms with E-state index in [9.17, 15) is 0 Å². The van der Waals surface area contributed by atoms with Gasteiger partial charge in [0, 0.05) is 39.2 Å². The van der Waals surface area contributed by atoms with Crippen molar-refractivity contribution in [1.82, 2.24) is 9.55 Å². The molecule has 1 N–H and O–H groups in total. The van der Waals surface area contributed by atoms with Gasteiger partial charge in [-0.25, -0.2) is 4.98 Å². The Bertz CT molecular complexity index is 247. The standard InChI is InChI=1S/C10H19N3O/c1-3-8-14-9-4-6-13-7-5-12-10(13)11-2/h5,7H,3-4,6,8-9H2,1-2H3,(H,11,12). The first-order valence-corrected chi connectivity index (χ1v) is 5.15. The summed E-state index contributed by atoms with van der Waals surface area (Å²) in [4.78, 5) is 4.16. The number of nitrogens with zero attached hydrogens (tertiary/aromatic N) is 2. The van der Waals surface area contributed by atoms with E-state index < -0.39 is 0 Å². The maximum Gasteiger partial charge on any atom is 0.202 e. The molecular weight excluding hydrogens is 178 g/mol. The first-order chi connectivity index (χ1) is 6.88. The Balaban J connectivity index is 2.17. The van der Waals surface area contributed by atoms with E-state index >= 15 is 0 Å². The number of imidazole rings is 1. The molecule has 1 aromatic heterocycles. The van der Waals surface area contributed by atoms with Crippen LogP contribution in [0.25, 0.3) is 0 Å². The molecule has 1 aromatic rings. The van der Waals surface area contributed by atoms with E-state index in [4.69, 9.17) is 4.74 Å². The van der Waals surface area contributed by atoms with Gasteiger partial charge in [0.15, 0.2) is 0 Å². The van der Waals surface area contributed by atoms with Crippen LogP contribution in [-0.4, -0.2) is 29.8 Å². The van der Waals surface area contributed by atoms with Gasteiger partial charge in [-0.15, -0.1) is 0 Å². The van der Waals surface area contributed by atoms with Crippen molar-refractivity contribution in [3.05, 3.63) is 12.4 Å². The number of hydrogen-bond donors (Lipinski definition) is 1. The second-order valence-electron chi connectivity index (χ2n) is 3.16. The number of aryl methyl sites for hydroxylation is 1. The van der Waals surface area contributed by atoms with Crippen molar-refractivity contribution in [1.29, 1.82) is 0 Å². The van der Waals surface area contributed by atoms with Crippen molar-refractivity contribution in [3.8, 4) is 0 Å². The van der Waals surface area contributed by atoms with E-state index in [2.05, 4.69) is 21.8 Å². The van der Waals surface area contributed by atoms with Gasteiger partial charge in [-0.2, -0.15) is 0 Å². The molecule has 0 amide bonds. The molecule has 0 bridgehead atoms. The zero-order valence-corrected chi connectivity index (χ0v) is 8.99. The molecular formula is C10H19N3O. The maximum absolute atomic E-state index is 5.40. The van der Waals surface area contributed by atoms with Gasteiger partial charge in [0.1, 0.15) is 0 Å². The molecule has 0 aliphatic heterocycles. The lowest BCUT2D eigenvalue weighted by Gasteiger charge is -2.06. The highest BCUT2D eigenvalue weighted by molar-refractivity contribution is 5.23. The van der Waals surface area contributed by atoms with Crippen LogP contribution in [0.5, 0.6) is 0 Å². The van der Waals surface area contributed by atoms with Crippen molar-refractivity contribution in [2.75, 3.05) is 25.6 Å². The molecule has 0 atom stereocenters. The quantitative estimate of drug-likeness (QED) is 0.677. The van der Waals surface area contributed by atoms with Gasteiger partial charge in [0.2, 0.25) is 5.95 Å². The van der Waals surface area contributed by atoms with Crippen LogP contribution in [0.3, 0.4) is 0 Å². The lowest BCUT2D eigenvalue weighted by atomic mass is 10.4. The molecule has 80 valence electrons. The number of nitrogens with one attached hydrogen (secondary N) is 1. The first-order valence-electron chi connectivity index (χ1n) is 5.15. The number of aromatic nitrogens is 2. The highest BCUT2D eigenvalue weighted by atomic mass is 16.5. The van der Waals surface area contributed by atoms with E-state index in [0.29, 0.717) is 0 Å². The van der Waals surface area contributed by atoms with Gasteiger partial charge in [-0.1, -0.05) is 6.92 Å². The number of rotatable bonds is 7. The maximum atomic E-state index is 5.40. The minimum Gasteiger partial charge on any atom is -0.381 e. The predicted octanol–water partition coefficient (Wildman–Crippen LogP) is 1.74. The Hall–Kier alpha value is -1.03. The third-order valence-corrected chi connectivity index (χ3v) is 1.98. The Morgan fingerprint density at radius 3 is 3.07 bits per heavy atom. The number of hydrogen-bond acceptors (Lipinski definition) is 3. The van der Waals surface area contributed by atoms with Gasteiger partial charge in [0.25, 0.3) is 0 Å². The summed E-state index contributed by atoms with van der Waals surface area (Å²) < 4.78 is 7.49. The highest BCUT2D eigenvalue weighted by Gasteiger charge is 1.98. The van der Waals surface area contributed by atoms with Crippen LogP contribution in [0.4, 0.5) is 5.95 Å². The summed E-state index contributed by atoms with van der Waals surface area (Å²) in [5.41, 5.74) is 0. The van der Waals surface area contributed by atoms with E-state index in [1.54, 1.807) is 6.20 Å². The average molecular weight is 197 g/mol.